The van der Waals surface area contributed by atoms with E-state index in [0.717, 1.165) is 12.8 Å². The van der Waals surface area contributed by atoms with Gasteiger partial charge in [0.1, 0.15) is 0 Å². The van der Waals surface area contributed by atoms with Crippen LogP contribution >= 0.6 is 0 Å². The molecule has 1 amide bonds. The maximum Gasteiger partial charge on any atom is 0.250 e. The highest BCUT2D eigenvalue weighted by Crippen LogP contribution is 2.21. The lowest BCUT2D eigenvalue weighted by atomic mass is 9.93. The Kier molecular flexibility index (Phi) is 5.11. The number of rotatable bonds is 5. The molecule has 1 saturated heterocycles. The van der Waals surface area contributed by atoms with Crippen molar-refractivity contribution in [2.24, 2.45) is 13.0 Å². The summed E-state index contributed by atoms with van der Waals surface area (Å²) in [5.74, 6) is 0.200. The van der Waals surface area contributed by atoms with Crippen molar-refractivity contribution >= 4 is 11.7 Å². The van der Waals surface area contributed by atoms with Gasteiger partial charge in [-0.1, -0.05) is 6.07 Å². The molecule has 3 heterocycles. The number of hydrogen-bond donors (Lipinski definition) is 0. The summed E-state index contributed by atoms with van der Waals surface area (Å²) in [5.41, 5.74) is -0.114. The molecule has 132 valence electrons. The van der Waals surface area contributed by atoms with Gasteiger partial charge in [-0.3, -0.25) is 14.4 Å². The first-order valence-electron chi connectivity index (χ1n) is 8.51. The minimum Gasteiger partial charge on any atom is -0.342 e. The first-order valence-corrected chi connectivity index (χ1v) is 8.51. The number of carbonyl (C=O) groups is 2. The molecule has 2 aromatic rings. The van der Waals surface area contributed by atoms with Crippen LogP contribution in [-0.2, 0) is 18.4 Å². The fourth-order valence-corrected chi connectivity index (χ4v) is 3.22. The maximum atomic E-state index is 12.6. The molecule has 25 heavy (non-hydrogen) atoms. The van der Waals surface area contributed by atoms with Crippen molar-refractivity contribution in [3.8, 4) is 0 Å². The van der Waals surface area contributed by atoms with Gasteiger partial charge in [0.05, 0.1) is 0 Å². The van der Waals surface area contributed by atoms with E-state index in [4.69, 9.17) is 0 Å². The average molecular weight is 342 g/mol. The van der Waals surface area contributed by atoms with Crippen molar-refractivity contribution in [3.63, 3.8) is 0 Å². The second-order valence-corrected chi connectivity index (χ2v) is 6.39. The van der Waals surface area contributed by atoms with Gasteiger partial charge >= 0.3 is 0 Å². The van der Waals surface area contributed by atoms with E-state index in [1.54, 1.807) is 47.2 Å². The zero-order chi connectivity index (χ0) is 17.8. The van der Waals surface area contributed by atoms with Crippen LogP contribution in [0, 0.1) is 5.92 Å². The van der Waals surface area contributed by atoms with Crippen molar-refractivity contribution in [3.05, 3.63) is 53.0 Å². The highest BCUT2D eigenvalue weighted by Gasteiger charge is 2.30. The van der Waals surface area contributed by atoms with Crippen LogP contribution in [0.15, 0.2) is 41.6 Å². The van der Waals surface area contributed by atoms with Crippen LogP contribution < -0.4 is 5.56 Å². The normalized spacial score (nSPS) is 17.5. The summed E-state index contributed by atoms with van der Waals surface area (Å²) in [6.07, 6.45) is 6.87. The van der Waals surface area contributed by atoms with E-state index in [1.165, 1.54) is 10.6 Å². The molecule has 0 radical (unpaired) electrons. The van der Waals surface area contributed by atoms with Crippen molar-refractivity contribution in [2.75, 3.05) is 13.1 Å². The molecule has 1 aliphatic rings. The second-order valence-electron chi connectivity index (χ2n) is 6.39. The van der Waals surface area contributed by atoms with Gasteiger partial charge in [0.25, 0.3) is 5.56 Å². The van der Waals surface area contributed by atoms with Crippen LogP contribution in [-0.4, -0.2) is 43.8 Å². The molecule has 0 saturated carbocycles. The average Bonchev–Trinajstić information content (AvgIpc) is 3.06. The third kappa shape index (κ3) is 3.87. The SMILES string of the molecule is Cn1ccnc1C(=O)C1CCCN(C(=O)CCn2ccccc2=O)C1. The van der Waals surface area contributed by atoms with E-state index in [1.807, 2.05) is 0 Å². The topological polar surface area (TPSA) is 77.2 Å². The number of nitrogens with zero attached hydrogens (tertiary/aromatic N) is 4. The molecule has 3 rings (SSSR count). The highest BCUT2D eigenvalue weighted by molar-refractivity contribution is 5.95. The summed E-state index contributed by atoms with van der Waals surface area (Å²) in [7, 11) is 1.80. The van der Waals surface area contributed by atoms with Crippen molar-refractivity contribution in [1.82, 2.24) is 19.0 Å². The molecule has 0 aromatic carbocycles. The number of aromatic nitrogens is 3. The van der Waals surface area contributed by atoms with Gasteiger partial charge in [-0.05, 0) is 18.9 Å². The molecule has 0 bridgehead atoms. The molecule has 1 fully saturated rings. The minimum absolute atomic E-state index is 0.00993. The van der Waals surface area contributed by atoms with Gasteiger partial charge in [-0.25, -0.2) is 4.98 Å². The van der Waals surface area contributed by atoms with E-state index in [-0.39, 0.29) is 29.6 Å². The van der Waals surface area contributed by atoms with Crippen LogP contribution in [0.2, 0.25) is 0 Å². The lowest BCUT2D eigenvalue weighted by Crippen LogP contribution is -2.43. The van der Waals surface area contributed by atoms with Crippen LogP contribution in [0.1, 0.15) is 29.9 Å². The summed E-state index contributed by atoms with van der Waals surface area (Å²) in [6.45, 7) is 1.44. The summed E-state index contributed by atoms with van der Waals surface area (Å²) < 4.78 is 3.24. The Balaban J connectivity index is 1.60. The fraction of sp³-hybridized carbons (Fsp3) is 0.444. The van der Waals surface area contributed by atoms with E-state index >= 15 is 0 Å². The molecule has 1 atom stereocenters. The predicted octanol–water partition coefficient (Wildman–Crippen LogP) is 1.09. The molecule has 0 aliphatic carbocycles. The minimum atomic E-state index is -0.210. The molecule has 0 N–H and O–H groups in total. The number of piperidine rings is 1. The monoisotopic (exact) mass is 342 g/mol. The van der Waals surface area contributed by atoms with Crippen molar-refractivity contribution < 1.29 is 9.59 Å². The number of carbonyl (C=O) groups excluding carboxylic acids is 2. The number of amides is 1. The van der Waals surface area contributed by atoms with Gasteiger partial charge in [-0.15, -0.1) is 0 Å². The summed E-state index contributed by atoms with van der Waals surface area (Å²) in [5, 5.41) is 0. The van der Waals surface area contributed by atoms with Crippen molar-refractivity contribution in [2.45, 2.75) is 25.8 Å². The Hall–Kier alpha value is -2.70. The number of Topliss-reactive ketones (excluding diaryl/α,β-unsaturated/α-hetero) is 1. The molecular formula is C18H22N4O3. The van der Waals surface area contributed by atoms with Crippen LogP contribution in [0.4, 0.5) is 0 Å². The maximum absolute atomic E-state index is 12.6. The Morgan fingerprint density at radius 2 is 2.12 bits per heavy atom. The largest absolute Gasteiger partial charge is 0.342 e. The van der Waals surface area contributed by atoms with E-state index < -0.39 is 0 Å². The van der Waals surface area contributed by atoms with Crippen LogP contribution in [0.25, 0.3) is 0 Å². The number of likely N-dealkylation sites (tertiary alicyclic amines) is 1. The second kappa shape index (κ2) is 7.46. The number of hydrogen-bond acceptors (Lipinski definition) is 4. The lowest BCUT2D eigenvalue weighted by Gasteiger charge is -2.32. The summed E-state index contributed by atoms with van der Waals surface area (Å²) >= 11 is 0. The molecule has 1 unspecified atom stereocenters. The van der Waals surface area contributed by atoms with Gasteiger partial charge in [0.15, 0.2) is 5.82 Å². The first-order chi connectivity index (χ1) is 12.1. The molecule has 7 nitrogen and oxygen atoms in total. The summed E-state index contributed by atoms with van der Waals surface area (Å²) in [6, 6.07) is 4.93. The zero-order valence-corrected chi connectivity index (χ0v) is 14.3. The molecule has 0 spiro atoms. The smallest absolute Gasteiger partial charge is 0.250 e. The number of ketones is 1. The van der Waals surface area contributed by atoms with Gasteiger partial charge in [0.2, 0.25) is 11.7 Å². The van der Waals surface area contributed by atoms with Gasteiger partial charge in [0, 0.05) is 63.7 Å². The summed E-state index contributed by atoms with van der Waals surface area (Å²) in [4.78, 5) is 42.6. The Morgan fingerprint density at radius 1 is 1.28 bits per heavy atom. The third-order valence-electron chi connectivity index (χ3n) is 4.65. The van der Waals surface area contributed by atoms with Gasteiger partial charge in [-0.2, -0.15) is 0 Å². The third-order valence-corrected chi connectivity index (χ3v) is 4.65. The van der Waals surface area contributed by atoms with E-state index in [9.17, 15) is 14.4 Å². The van der Waals surface area contributed by atoms with Crippen LogP contribution in [0.3, 0.4) is 0 Å². The highest BCUT2D eigenvalue weighted by atomic mass is 16.2. The lowest BCUT2D eigenvalue weighted by molar-refractivity contribution is -0.132. The Morgan fingerprint density at radius 3 is 2.84 bits per heavy atom. The van der Waals surface area contributed by atoms with E-state index in [2.05, 4.69) is 4.98 Å². The molecule has 2 aromatic heterocycles. The number of imidazole rings is 1. The number of aryl methyl sites for hydroxylation is 2. The Bertz CT molecular complexity index is 823. The van der Waals surface area contributed by atoms with Crippen molar-refractivity contribution in [1.29, 1.82) is 0 Å². The molecule has 7 heteroatoms. The molecule has 1 aliphatic heterocycles. The van der Waals surface area contributed by atoms with E-state index in [0.29, 0.717) is 25.5 Å². The predicted molar refractivity (Wildman–Crippen MR) is 92.2 cm³/mol. The fourth-order valence-electron chi connectivity index (χ4n) is 3.22. The van der Waals surface area contributed by atoms with Crippen LogP contribution in [0.5, 0.6) is 0 Å². The zero-order valence-electron chi connectivity index (χ0n) is 14.3. The van der Waals surface area contributed by atoms with Gasteiger partial charge < -0.3 is 14.0 Å². The molecular weight excluding hydrogens is 320 g/mol. The number of pyridine rings is 1. The first kappa shape index (κ1) is 17.1. The standard InChI is InChI=1S/C18H22N4O3/c1-20-12-8-19-18(20)17(25)14-5-4-10-22(13-14)16(24)7-11-21-9-3-2-6-15(21)23/h2-3,6,8-9,12,14H,4-5,7,10-11,13H2,1H3. The quantitative estimate of drug-likeness (QED) is 0.762. The Labute approximate surface area is 145 Å².